The Kier molecular flexibility index (Phi) is 5.07. The molecule has 1 fully saturated rings. The summed E-state index contributed by atoms with van der Waals surface area (Å²) in [7, 11) is 0. The summed E-state index contributed by atoms with van der Waals surface area (Å²) in [6, 6.07) is 5.06. The van der Waals surface area contributed by atoms with E-state index in [0.29, 0.717) is 55.0 Å². The topological polar surface area (TPSA) is 81.0 Å². The Morgan fingerprint density at radius 1 is 1.31 bits per heavy atom. The van der Waals surface area contributed by atoms with Gasteiger partial charge in [-0.15, -0.1) is 0 Å². The van der Waals surface area contributed by atoms with Crippen LogP contribution < -0.4 is 10.2 Å². The van der Waals surface area contributed by atoms with E-state index in [2.05, 4.69) is 15.6 Å². The Balaban J connectivity index is 1.73. The van der Waals surface area contributed by atoms with Gasteiger partial charge in [0.2, 0.25) is 6.10 Å². The Hall–Kier alpha value is -2.82. The molecule has 1 saturated heterocycles. The monoisotopic (exact) mass is 411 g/mol. The molecule has 0 unspecified atom stereocenters. The van der Waals surface area contributed by atoms with Crippen LogP contribution in [-0.2, 0) is 20.9 Å². The molecule has 0 bridgehead atoms. The molecule has 0 saturated carbocycles. The molecule has 1 amide bonds. The number of fused-ring (bicyclic) bond motifs is 1. The smallest absolute Gasteiger partial charge is 0.382 e. The minimum Gasteiger partial charge on any atom is -0.382 e. The van der Waals surface area contributed by atoms with Crippen LogP contribution in [0.1, 0.15) is 13.3 Å². The second-order valence-electron chi connectivity index (χ2n) is 7.01. The molecule has 3 heterocycles. The zero-order valence-electron chi connectivity index (χ0n) is 15.7. The Morgan fingerprint density at radius 2 is 2.07 bits per heavy atom. The van der Waals surface area contributed by atoms with E-state index in [0.717, 1.165) is 4.68 Å². The summed E-state index contributed by atoms with van der Waals surface area (Å²) in [5.74, 6) is -0.426. The van der Waals surface area contributed by atoms with E-state index in [1.54, 1.807) is 19.1 Å². The van der Waals surface area contributed by atoms with Crippen molar-refractivity contribution in [2.45, 2.75) is 32.2 Å². The third-order valence-electron chi connectivity index (χ3n) is 4.79. The highest BCUT2D eigenvalue weighted by Crippen LogP contribution is 2.35. The van der Waals surface area contributed by atoms with Crippen molar-refractivity contribution < 1.29 is 27.5 Å². The zero-order chi connectivity index (χ0) is 20.6. The number of aromatic nitrogens is 2. The van der Waals surface area contributed by atoms with Crippen LogP contribution in [0.4, 0.5) is 24.7 Å². The average molecular weight is 411 g/mol. The first-order valence-corrected chi connectivity index (χ1v) is 9.21. The van der Waals surface area contributed by atoms with Crippen LogP contribution in [0.3, 0.4) is 0 Å². The number of ether oxygens (including phenoxy) is 1. The molecular formula is C18H20F3N5O3. The van der Waals surface area contributed by atoms with Crippen molar-refractivity contribution in [1.82, 2.24) is 9.78 Å². The number of nitrogens with one attached hydrogen (secondary N) is 1. The maximum Gasteiger partial charge on any atom is 0.408 e. The summed E-state index contributed by atoms with van der Waals surface area (Å²) in [6.07, 6.45) is -4.95. The lowest BCUT2D eigenvalue weighted by Gasteiger charge is -2.29. The number of alkyl halides is 3. The highest BCUT2D eigenvalue weighted by molar-refractivity contribution is 6.08. The Morgan fingerprint density at radius 3 is 2.72 bits per heavy atom. The largest absolute Gasteiger partial charge is 0.408 e. The number of benzene rings is 1. The van der Waals surface area contributed by atoms with Crippen LogP contribution in [-0.4, -0.2) is 60.0 Å². The number of morpholine rings is 1. The predicted octanol–water partition coefficient (Wildman–Crippen LogP) is 2.54. The maximum atomic E-state index is 13.1. The van der Waals surface area contributed by atoms with E-state index >= 15 is 0 Å². The van der Waals surface area contributed by atoms with Gasteiger partial charge in [-0.1, -0.05) is 11.2 Å². The molecule has 156 valence electrons. The molecule has 2 aliphatic heterocycles. The summed E-state index contributed by atoms with van der Waals surface area (Å²) < 4.78 is 45.5. The SMILES string of the molecule is CC1=NO[C@@H](C(=O)Nc2nn(CC(F)(F)F)c3cccc(N4CCOCC4)c23)C1. The van der Waals surface area contributed by atoms with Gasteiger partial charge in [0, 0.05) is 19.5 Å². The van der Waals surface area contributed by atoms with Gasteiger partial charge in [-0.25, -0.2) is 0 Å². The Bertz CT molecular complexity index is 950. The van der Waals surface area contributed by atoms with Gasteiger partial charge in [0.15, 0.2) is 5.82 Å². The molecule has 1 aromatic heterocycles. The lowest BCUT2D eigenvalue weighted by molar-refractivity contribution is -0.141. The minimum atomic E-state index is -4.45. The number of rotatable bonds is 4. The fourth-order valence-electron chi connectivity index (χ4n) is 3.49. The molecule has 2 aromatic rings. The standard InChI is InChI=1S/C18H20F3N5O3/c1-11-9-14(29-24-11)17(27)22-16-15-12(25-5-7-28-8-6-25)3-2-4-13(15)26(23-16)10-18(19,20)21/h2-4,14H,5-10H2,1H3,(H,22,23,27)/t14-/m1/s1. The molecule has 0 radical (unpaired) electrons. The number of carbonyl (C=O) groups is 1. The second kappa shape index (κ2) is 7.54. The van der Waals surface area contributed by atoms with Crippen LogP contribution in [0.15, 0.2) is 23.4 Å². The van der Waals surface area contributed by atoms with Gasteiger partial charge in [0.1, 0.15) is 6.54 Å². The van der Waals surface area contributed by atoms with Crippen molar-refractivity contribution in [1.29, 1.82) is 0 Å². The highest BCUT2D eigenvalue weighted by Gasteiger charge is 2.32. The number of anilines is 2. The number of amides is 1. The predicted molar refractivity (Wildman–Crippen MR) is 100 cm³/mol. The van der Waals surface area contributed by atoms with Crippen LogP contribution in [0.5, 0.6) is 0 Å². The van der Waals surface area contributed by atoms with Gasteiger partial charge in [0.25, 0.3) is 5.91 Å². The molecular weight excluding hydrogens is 391 g/mol. The molecule has 1 aromatic carbocycles. The molecule has 11 heteroatoms. The molecule has 0 spiro atoms. The summed E-state index contributed by atoms with van der Waals surface area (Å²) in [6.45, 7) is 2.69. The van der Waals surface area contributed by atoms with Gasteiger partial charge in [0.05, 0.1) is 35.5 Å². The molecule has 1 N–H and O–H groups in total. The number of hydrogen-bond acceptors (Lipinski definition) is 6. The van der Waals surface area contributed by atoms with Crippen LogP contribution >= 0.6 is 0 Å². The van der Waals surface area contributed by atoms with Crippen molar-refractivity contribution >= 4 is 34.0 Å². The van der Waals surface area contributed by atoms with E-state index in [1.807, 2.05) is 11.0 Å². The second-order valence-corrected chi connectivity index (χ2v) is 7.01. The van der Waals surface area contributed by atoms with Crippen molar-refractivity contribution in [3.05, 3.63) is 18.2 Å². The number of carbonyl (C=O) groups excluding carboxylic acids is 1. The lowest BCUT2D eigenvalue weighted by Crippen LogP contribution is -2.36. The van der Waals surface area contributed by atoms with Gasteiger partial charge < -0.3 is 19.8 Å². The third-order valence-corrected chi connectivity index (χ3v) is 4.79. The first kappa shape index (κ1) is 19.5. The van der Waals surface area contributed by atoms with Gasteiger partial charge in [-0.05, 0) is 19.1 Å². The van der Waals surface area contributed by atoms with Crippen LogP contribution in [0.25, 0.3) is 10.9 Å². The summed E-state index contributed by atoms with van der Waals surface area (Å²) in [5.41, 5.74) is 1.67. The van der Waals surface area contributed by atoms with Crippen LogP contribution in [0.2, 0.25) is 0 Å². The lowest BCUT2D eigenvalue weighted by atomic mass is 10.1. The Labute approximate surface area is 164 Å². The van der Waals surface area contributed by atoms with Crippen molar-refractivity contribution in [3.63, 3.8) is 0 Å². The van der Waals surface area contributed by atoms with Crippen molar-refractivity contribution in [2.75, 3.05) is 36.5 Å². The van der Waals surface area contributed by atoms with E-state index in [9.17, 15) is 18.0 Å². The van der Waals surface area contributed by atoms with Gasteiger partial charge in [-0.2, -0.15) is 18.3 Å². The van der Waals surface area contributed by atoms with Crippen molar-refractivity contribution in [2.24, 2.45) is 5.16 Å². The van der Waals surface area contributed by atoms with E-state index in [-0.39, 0.29) is 5.82 Å². The van der Waals surface area contributed by atoms with Gasteiger partial charge in [-0.3, -0.25) is 9.48 Å². The van der Waals surface area contributed by atoms with E-state index < -0.39 is 24.7 Å². The summed E-state index contributed by atoms with van der Waals surface area (Å²) in [4.78, 5) is 19.7. The normalized spacial score (nSPS) is 19.9. The molecule has 1 atom stereocenters. The minimum absolute atomic E-state index is 0.0736. The fourth-order valence-corrected chi connectivity index (χ4v) is 3.49. The average Bonchev–Trinajstić information content (AvgIpc) is 3.25. The first-order chi connectivity index (χ1) is 13.8. The molecule has 4 rings (SSSR count). The van der Waals surface area contributed by atoms with E-state index in [1.165, 1.54) is 0 Å². The van der Waals surface area contributed by atoms with Crippen LogP contribution in [0, 0.1) is 0 Å². The molecule has 0 aliphatic carbocycles. The number of hydrogen-bond donors (Lipinski definition) is 1. The molecule has 8 nitrogen and oxygen atoms in total. The zero-order valence-corrected chi connectivity index (χ0v) is 15.7. The summed E-state index contributed by atoms with van der Waals surface area (Å²) >= 11 is 0. The quantitative estimate of drug-likeness (QED) is 0.836. The number of oxime groups is 1. The number of halogens is 3. The first-order valence-electron chi connectivity index (χ1n) is 9.21. The maximum absolute atomic E-state index is 13.1. The van der Waals surface area contributed by atoms with Gasteiger partial charge >= 0.3 is 6.18 Å². The molecule has 29 heavy (non-hydrogen) atoms. The number of nitrogens with zero attached hydrogens (tertiary/aromatic N) is 4. The van der Waals surface area contributed by atoms with Crippen molar-refractivity contribution in [3.8, 4) is 0 Å². The van der Waals surface area contributed by atoms with E-state index in [4.69, 9.17) is 9.57 Å². The third kappa shape index (κ3) is 4.14. The molecule has 2 aliphatic rings. The highest BCUT2D eigenvalue weighted by atomic mass is 19.4. The summed E-state index contributed by atoms with van der Waals surface area (Å²) in [5, 5.41) is 10.9. The fraction of sp³-hybridized carbons (Fsp3) is 0.500.